The van der Waals surface area contributed by atoms with Crippen molar-refractivity contribution in [3.8, 4) is 0 Å². The molecule has 0 spiro atoms. The third-order valence-electron chi connectivity index (χ3n) is 3.09. The van der Waals surface area contributed by atoms with Crippen LogP contribution in [0.4, 0.5) is 0 Å². The Bertz CT molecular complexity index is 158. The zero-order valence-electron chi connectivity index (χ0n) is 8.28. The number of ether oxygens (including phenoxy) is 1. The van der Waals surface area contributed by atoms with Gasteiger partial charge >= 0.3 is 0 Å². The second-order valence-electron chi connectivity index (χ2n) is 4.47. The Morgan fingerprint density at radius 3 is 2.85 bits per heavy atom. The lowest BCUT2D eigenvalue weighted by Crippen LogP contribution is -2.47. The Hall–Kier alpha value is -0.120. The summed E-state index contributed by atoms with van der Waals surface area (Å²) in [6, 6.07) is 0.567. The van der Waals surface area contributed by atoms with Crippen molar-refractivity contribution in [3.05, 3.63) is 0 Å². The molecule has 3 nitrogen and oxygen atoms in total. The Morgan fingerprint density at radius 2 is 2.23 bits per heavy atom. The molecular formula is C10H19NO2. The van der Waals surface area contributed by atoms with E-state index in [4.69, 9.17) is 4.74 Å². The highest BCUT2D eigenvalue weighted by Crippen LogP contribution is 2.21. The average Bonchev–Trinajstić information content (AvgIpc) is 2.53. The van der Waals surface area contributed by atoms with Crippen LogP contribution in [0.15, 0.2) is 0 Å². The van der Waals surface area contributed by atoms with Gasteiger partial charge in [-0.25, -0.2) is 0 Å². The van der Waals surface area contributed by atoms with Gasteiger partial charge in [0.15, 0.2) is 0 Å². The molecule has 3 heteroatoms. The molecule has 2 saturated heterocycles. The first-order chi connectivity index (χ1) is 6.25. The van der Waals surface area contributed by atoms with E-state index in [0.717, 1.165) is 39.1 Å². The van der Waals surface area contributed by atoms with Gasteiger partial charge in [-0.2, -0.15) is 0 Å². The van der Waals surface area contributed by atoms with Gasteiger partial charge in [-0.05, 0) is 18.8 Å². The molecule has 0 aromatic carbocycles. The Morgan fingerprint density at radius 1 is 1.38 bits per heavy atom. The molecule has 0 bridgehead atoms. The fourth-order valence-electron chi connectivity index (χ4n) is 2.47. The fraction of sp³-hybridized carbons (Fsp3) is 1.00. The summed E-state index contributed by atoms with van der Waals surface area (Å²) in [7, 11) is 0. The van der Waals surface area contributed by atoms with Gasteiger partial charge in [-0.1, -0.05) is 6.92 Å². The lowest BCUT2D eigenvalue weighted by Gasteiger charge is -2.37. The summed E-state index contributed by atoms with van der Waals surface area (Å²) >= 11 is 0. The van der Waals surface area contributed by atoms with Crippen molar-refractivity contribution in [3.63, 3.8) is 0 Å². The van der Waals surface area contributed by atoms with E-state index >= 15 is 0 Å². The predicted molar refractivity (Wildman–Crippen MR) is 50.6 cm³/mol. The van der Waals surface area contributed by atoms with Crippen LogP contribution < -0.4 is 0 Å². The maximum absolute atomic E-state index is 9.63. The first-order valence-corrected chi connectivity index (χ1v) is 5.25. The molecule has 2 aliphatic rings. The number of likely N-dealkylation sites (tertiary alicyclic amines) is 1. The Kier molecular flexibility index (Phi) is 2.86. The molecule has 0 saturated carbocycles. The number of piperidine rings is 1. The molecule has 0 amide bonds. The van der Waals surface area contributed by atoms with Crippen LogP contribution in [0.3, 0.4) is 0 Å². The van der Waals surface area contributed by atoms with Crippen LogP contribution in [-0.4, -0.2) is 48.5 Å². The van der Waals surface area contributed by atoms with Crippen molar-refractivity contribution in [2.24, 2.45) is 5.92 Å². The van der Waals surface area contributed by atoms with E-state index in [1.165, 1.54) is 0 Å². The maximum Gasteiger partial charge on any atom is 0.0670 e. The monoisotopic (exact) mass is 185 g/mol. The molecule has 76 valence electrons. The fourth-order valence-corrected chi connectivity index (χ4v) is 2.47. The quantitative estimate of drug-likeness (QED) is 0.645. The summed E-state index contributed by atoms with van der Waals surface area (Å²) in [5.41, 5.74) is 0. The van der Waals surface area contributed by atoms with Gasteiger partial charge in [0.05, 0.1) is 12.7 Å². The van der Waals surface area contributed by atoms with Crippen LogP contribution in [0.25, 0.3) is 0 Å². The third kappa shape index (κ3) is 2.22. The molecule has 2 fully saturated rings. The standard InChI is InChI=1S/C10H19NO2/c1-8-4-10(12)6-11(5-8)9-2-3-13-7-9/h8-10,12H,2-7H2,1H3/t8-,9?,10+/m1/s1. The van der Waals surface area contributed by atoms with Crippen molar-refractivity contribution >= 4 is 0 Å². The van der Waals surface area contributed by atoms with Crippen molar-refractivity contribution < 1.29 is 9.84 Å². The number of aliphatic hydroxyl groups excluding tert-OH is 1. The smallest absolute Gasteiger partial charge is 0.0670 e. The van der Waals surface area contributed by atoms with E-state index in [9.17, 15) is 5.11 Å². The van der Waals surface area contributed by atoms with Gasteiger partial charge in [-0.15, -0.1) is 0 Å². The van der Waals surface area contributed by atoms with Crippen LogP contribution in [0.2, 0.25) is 0 Å². The normalized spacial score (nSPS) is 42.5. The van der Waals surface area contributed by atoms with Gasteiger partial charge in [-0.3, -0.25) is 4.90 Å². The van der Waals surface area contributed by atoms with Crippen LogP contribution in [0.5, 0.6) is 0 Å². The number of rotatable bonds is 1. The van der Waals surface area contributed by atoms with E-state index in [1.807, 2.05) is 0 Å². The number of hydrogen-bond acceptors (Lipinski definition) is 3. The summed E-state index contributed by atoms with van der Waals surface area (Å²) in [5.74, 6) is 0.629. The molecular weight excluding hydrogens is 166 g/mol. The highest BCUT2D eigenvalue weighted by atomic mass is 16.5. The van der Waals surface area contributed by atoms with Crippen molar-refractivity contribution in [2.45, 2.75) is 31.9 Å². The summed E-state index contributed by atoms with van der Waals surface area (Å²) in [6.45, 7) is 5.94. The number of hydrogen-bond donors (Lipinski definition) is 1. The lowest BCUT2D eigenvalue weighted by molar-refractivity contribution is 0.0191. The highest BCUT2D eigenvalue weighted by Gasteiger charge is 2.30. The third-order valence-corrected chi connectivity index (χ3v) is 3.09. The van der Waals surface area contributed by atoms with Crippen LogP contribution >= 0.6 is 0 Å². The van der Waals surface area contributed by atoms with E-state index in [2.05, 4.69) is 11.8 Å². The molecule has 3 atom stereocenters. The molecule has 13 heavy (non-hydrogen) atoms. The molecule has 1 unspecified atom stereocenters. The molecule has 1 N–H and O–H groups in total. The largest absolute Gasteiger partial charge is 0.392 e. The first kappa shape index (κ1) is 9.44. The van der Waals surface area contributed by atoms with Crippen LogP contribution in [0, 0.1) is 5.92 Å². The summed E-state index contributed by atoms with van der Waals surface area (Å²) in [4.78, 5) is 2.39. The minimum absolute atomic E-state index is 0.121. The maximum atomic E-state index is 9.63. The number of aliphatic hydroxyl groups is 1. The topological polar surface area (TPSA) is 32.7 Å². The first-order valence-electron chi connectivity index (χ1n) is 5.25. The van der Waals surface area contributed by atoms with Gasteiger partial charge in [0, 0.05) is 25.7 Å². The number of β-amino-alcohol motifs (C(OH)–C–C–N with tert-alkyl or cyclic N) is 1. The SMILES string of the molecule is C[C@@H]1C[C@H](O)CN(C2CCOC2)C1. The summed E-state index contributed by atoms with van der Waals surface area (Å²) in [6.07, 6.45) is 1.98. The van der Waals surface area contributed by atoms with Gasteiger partial charge < -0.3 is 9.84 Å². The van der Waals surface area contributed by atoms with E-state index < -0.39 is 0 Å². The molecule has 0 aliphatic carbocycles. The molecule has 2 aliphatic heterocycles. The highest BCUT2D eigenvalue weighted by molar-refractivity contribution is 4.83. The minimum atomic E-state index is -0.121. The Labute approximate surface area is 79.7 Å². The summed E-state index contributed by atoms with van der Waals surface area (Å²) in [5, 5.41) is 9.63. The van der Waals surface area contributed by atoms with Gasteiger partial charge in [0.1, 0.15) is 0 Å². The average molecular weight is 185 g/mol. The minimum Gasteiger partial charge on any atom is -0.392 e. The van der Waals surface area contributed by atoms with Crippen molar-refractivity contribution in [1.29, 1.82) is 0 Å². The predicted octanol–water partition coefficient (Wildman–Crippen LogP) is 0.478. The molecule has 0 radical (unpaired) electrons. The van der Waals surface area contributed by atoms with E-state index in [1.54, 1.807) is 0 Å². The molecule has 2 heterocycles. The van der Waals surface area contributed by atoms with E-state index in [-0.39, 0.29) is 6.10 Å². The van der Waals surface area contributed by atoms with Crippen LogP contribution in [0.1, 0.15) is 19.8 Å². The zero-order chi connectivity index (χ0) is 9.26. The second-order valence-corrected chi connectivity index (χ2v) is 4.47. The summed E-state index contributed by atoms with van der Waals surface area (Å²) < 4.78 is 5.36. The second kappa shape index (κ2) is 3.95. The zero-order valence-corrected chi connectivity index (χ0v) is 8.28. The van der Waals surface area contributed by atoms with Gasteiger partial charge in [0.25, 0.3) is 0 Å². The lowest BCUT2D eigenvalue weighted by atomic mass is 9.96. The molecule has 2 rings (SSSR count). The van der Waals surface area contributed by atoms with Crippen molar-refractivity contribution in [1.82, 2.24) is 4.90 Å². The van der Waals surface area contributed by atoms with E-state index in [0.29, 0.717) is 12.0 Å². The van der Waals surface area contributed by atoms with Crippen LogP contribution in [-0.2, 0) is 4.74 Å². The molecule has 0 aromatic rings. The van der Waals surface area contributed by atoms with Crippen molar-refractivity contribution in [2.75, 3.05) is 26.3 Å². The number of nitrogens with zero attached hydrogens (tertiary/aromatic N) is 1. The Balaban J connectivity index is 1.90. The van der Waals surface area contributed by atoms with Gasteiger partial charge in [0.2, 0.25) is 0 Å². The molecule has 0 aromatic heterocycles.